The van der Waals surface area contributed by atoms with E-state index in [1.54, 1.807) is 11.3 Å². The third kappa shape index (κ3) is 2.74. The minimum atomic E-state index is -3.65. The first-order chi connectivity index (χ1) is 11.5. The molecule has 1 aliphatic rings. The maximum Gasteiger partial charge on any atom is 0.240 e. The number of aromatic nitrogens is 2. The topological polar surface area (TPSA) is 75.2 Å². The Morgan fingerprint density at radius 1 is 1.17 bits per heavy atom. The summed E-state index contributed by atoms with van der Waals surface area (Å²) in [5, 5.41) is 1.96. The lowest BCUT2D eigenvalue weighted by molar-refractivity contribution is 0.467. The SMILES string of the molecule is O=S(=O)(NC1CN(c2ncnc3ccsc23)C1)c1ccc(F)cc1. The van der Waals surface area contributed by atoms with Crippen LogP contribution in [0.25, 0.3) is 10.2 Å². The van der Waals surface area contributed by atoms with E-state index < -0.39 is 15.8 Å². The van der Waals surface area contributed by atoms with Crippen molar-refractivity contribution in [1.82, 2.24) is 14.7 Å². The summed E-state index contributed by atoms with van der Waals surface area (Å²) < 4.78 is 41.1. The molecule has 0 spiro atoms. The van der Waals surface area contributed by atoms with Gasteiger partial charge in [0.2, 0.25) is 10.0 Å². The standard InChI is InChI=1S/C15H13FN4O2S2/c16-10-1-3-12(4-2-10)24(21,22)19-11-7-20(8-11)15-14-13(5-6-23-14)17-9-18-15/h1-6,9,11,19H,7-8H2. The van der Waals surface area contributed by atoms with Crippen molar-refractivity contribution >= 4 is 37.4 Å². The number of halogens is 1. The monoisotopic (exact) mass is 364 g/mol. The number of nitrogens with zero attached hydrogens (tertiary/aromatic N) is 3. The Kier molecular flexibility index (Phi) is 3.70. The van der Waals surface area contributed by atoms with Crippen molar-refractivity contribution in [2.24, 2.45) is 0 Å². The molecule has 0 radical (unpaired) electrons. The van der Waals surface area contributed by atoms with Gasteiger partial charge in [-0.25, -0.2) is 27.5 Å². The van der Waals surface area contributed by atoms with Gasteiger partial charge in [-0.1, -0.05) is 0 Å². The summed E-state index contributed by atoms with van der Waals surface area (Å²) in [6, 6.07) is 6.51. The molecule has 3 heterocycles. The molecule has 124 valence electrons. The van der Waals surface area contributed by atoms with Crippen LogP contribution in [0.3, 0.4) is 0 Å². The number of hydrogen-bond donors (Lipinski definition) is 1. The molecular formula is C15H13FN4O2S2. The van der Waals surface area contributed by atoms with Gasteiger partial charge in [-0.2, -0.15) is 0 Å². The summed E-state index contributed by atoms with van der Waals surface area (Å²) >= 11 is 1.56. The Hall–Kier alpha value is -2.10. The minimum absolute atomic E-state index is 0.0602. The van der Waals surface area contributed by atoms with Crippen LogP contribution >= 0.6 is 11.3 Å². The van der Waals surface area contributed by atoms with E-state index in [1.165, 1.54) is 18.5 Å². The third-order valence-corrected chi connectivity index (χ3v) is 6.29. The number of hydrogen-bond acceptors (Lipinski definition) is 6. The van der Waals surface area contributed by atoms with E-state index in [0.29, 0.717) is 13.1 Å². The highest BCUT2D eigenvalue weighted by Crippen LogP contribution is 2.30. The lowest BCUT2D eigenvalue weighted by Gasteiger charge is -2.40. The second-order valence-electron chi connectivity index (χ2n) is 5.51. The first kappa shape index (κ1) is 15.4. The maximum absolute atomic E-state index is 12.9. The van der Waals surface area contributed by atoms with Gasteiger partial charge < -0.3 is 4.90 Å². The molecule has 1 fully saturated rings. The molecule has 6 nitrogen and oxygen atoms in total. The van der Waals surface area contributed by atoms with Crippen LogP contribution in [0.5, 0.6) is 0 Å². The predicted octanol–water partition coefficient (Wildman–Crippen LogP) is 2.00. The van der Waals surface area contributed by atoms with E-state index in [-0.39, 0.29) is 10.9 Å². The maximum atomic E-state index is 12.9. The van der Waals surface area contributed by atoms with E-state index >= 15 is 0 Å². The summed E-state index contributed by atoms with van der Waals surface area (Å²) in [5.41, 5.74) is 0.889. The van der Waals surface area contributed by atoms with Gasteiger partial charge in [0.25, 0.3) is 0 Å². The fourth-order valence-corrected chi connectivity index (χ4v) is 4.71. The van der Waals surface area contributed by atoms with E-state index in [4.69, 9.17) is 0 Å². The largest absolute Gasteiger partial charge is 0.352 e. The lowest BCUT2D eigenvalue weighted by Crippen LogP contribution is -2.59. The molecule has 1 saturated heterocycles. The summed E-state index contributed by atoms with van der Waals surface area (Å²) in [6.07, 6.45) is 1.51. The van der Waals surface area contributed by atoms with Gasteiger partial charge in [0, 0.05) is 13.1 Å². The summed E-state index contributed by atoms with van der Waals surface area (Å²) in [5.74, 6) is 0.361. The number of anilines is 1. The Balaban J connectivity index is 1.46. The Labute approximate surface area is 142 Å². The van der Waals surface area contributed by atoms with Crippen molar-refractivity contribution in [1.29, 1.82) is 0 Å². The molecule has 1 aromatic carbocycles. The van der Waals surface area contributed by atoms with Crippen molar-refractivity contribution in [2.45, 2.75) is 10.9 Å². The zero-order valence-corrected chi connectivity index (χ0v) is 14.0. The molecule has 1 N–H and O–H groups in total. The van der Waals surface area contributed by atoms with Crippen LogP contribution < -0.4 is 9.62 Å². The quantitative estimate of drug-likeness (QED) is 0.766. The van der Waals surface area contributed by atoms with Crippen LogP contribution in [0.15, 0.2) is 46.9 Å². The van der Waals surface area contributed by atoms with Crippen LogP contribution in [-0.4, -0.2) is 37.5 Å². The molecule has 3 aromatic rings. The van der Waals surface area contributed by atoms with Crippen molar-refractivity contribution in [3.8, 4) is 0 Å². The average Bonchev–Trinajstić information content (AvgIpc) is 3.00. The third-order valence-electron chi connectivity index (χ3n) is 3.85. The van der Waals surface area contributed by atoms with Crippen molar-refractivity contribution in [3.05, 3.63) is 47.9 Å². The zero-order valence-electron chi connectivity index (χ0n) is 12.4. The van der Waals surface area contributed by atoms with Crippen LogP contribution in [0, 0.1) is 5.82 Å². The molecule has 9 heteroatoms. The first-order valence-corrected chi connectivity index (χ1v) is 9.60. The molecule has 0 unspecified atom stereocenters. The number of benzene rings is 1. The highest BCUT2D eigenvalue weighted by atomic mass is 32.2. The van der Waals surface area contributed by atoms with Crippen molar-refractivity contribution in [3.63, 3.8) is 0 Å². The Morgan fingerprint density at radius 3 is 2.67 bits per heavy atom. The molecular weight excluding hydrogens is 351 g/mol. The van der Waals surface area contributed by atoms with Crippen LogP contribution in [-0.2, 0) is 10.0 Å². The van der Waals surface area contributed by atoms with Gasteiger partial charge in [0.15, 0.2) is 0 Å². The number of sulfonamides is 1. The number of thiophene rings is 1. The number of nitrogens with one attached hydrogen (secondary N) is 1. The average molecular weight is 364 g/mol. The molecule has 4 rings (SSSR count). The molecule has 0 saturated carbocycles. The Bertz CT molecular complexity index is 982. The molecule has 0 bridgehead atoms. The highest BCUT2D eigenvalue weighted by molar-refractivity contribution is 7.89. The normalized spacial score (nSPS) is 15.6. The zero-order chi connectivity index (χ0) is 16.7. The van der Waals surface area contributed by atoms with Crippen LogP contribution in [0.2, 0.25) is 0 Å². The predicted molar refractivity (Wildman–Crippen MR) is 90.1 cm³/mol. The molecule has 1 aliphatic heterocycles. The van der Waals surface area contributed by atoms with E-state index in [2.05, 4.69) is 14.7 Å². The second kappa shape index (κ2) is 5.76. The van der Waals surface area contributed by atoms with E-state index in [1.807, 2.05) is 16.3 Å². The van der Waals surface area contributed by atoms with Gasteiger partial charge in [-0.05, 0) is 35.7 Å². The van der Waals surface area contributed by atoms with Gasteiger partial charge in [-0.15, -0.1) is 11.3 Å². The van der Waals surface area contributed by atoms with Crippen molar-refractivity contribution in [2.75, 3.05) is 18.0 Å². The van der Waals surface area contributed by atoms with Gasteiger partial charge in [0.05, 0.1) is 21.2 Å². The smallest absolute Gasteiger partial charge is 0.240 e. The van der Waals surface area contributed by atoms with E-state index in [0.717, 1.165) is 28.2 Å². The molecule has 2 aromatic heterocycles. The minimum Gasteiger partial charge on any atom is -0.352 e. The molecule has 0 amide bonds. The lowest BCUT2D eigenvalue weighted by atomic mass is 10.1. The summed E-state index contributed by atoms with van der Waals surface area (Å²) in [4.78, 5) is 10.6. The summed E-state index contributed by atoms with van der Waals surface area (Å²) in [6.45, 7) is 1.06. The Morgan fingerprint density at radius 2 is 1.92 bits per heavy atom. The number of fused-ring (bicyclic) bond motifs is 1. The highest BCUT2D eigenvalue weighted by Gasteiger charge is 2.32. The van der Waals surface area contributed by atoms with Crippen LogP contribution in [0.1, 0.15) is 0 Å². The number of rotatable bonds is 4. The van der Waals surface area contributed by atoms with Crippen LogP contribution in [0.4, 0.5) is 10.2 Å². The van der Waals surface area contributed by atoms with E-state index in [9.17, 15) is 12.8 Å². The summed E-state index contributed by atoms with van der Waals surface area (Å²) in [7, 11) is -3.65. The molecule has 24 heavy (non-hydrogen) atoms. The molecule has 0 aliphatic carbocycles. The van der Waals surface area contributed by atoms with Gasteiger partial charge in [-0.3, -0.25) is 0 Å². The van der Waals surface area contributed by atoms with Gasteiger partial charge in [0.1, 0.15) is 18.0 Å². The fraction of sp³-hybridized carbons (Fsp3) is 0.200. The van der Waals surface area contributed by atoms with Gasteiger partial charge >= 0.3 is 0 Å². The fourth-order valence-electron chi connectivity index (χ4n) is 2.63. The first-order valence-electron chi connectivity index (χ1n) is 7.24. The molecule has 0 atom stereocenters. The van der Waals surface area contributed by atoms with Crippen molar-refractivity contribution < 1.29 is 12.8 Å². The second-order valence-corrected chi connectivity index (χ2v) is 8.14.